The first-order chi connectivity index (χ1) is 7.76. The third-order valence-electron chi connectivity index (χ3n) is 4.45. The predicted octanol–water partition coefficient (Wildman–Crippen LogP) is 1.28. The van der Waals surface area contributed by atoms with E-state index in [9.17, 15) is 0 Å². The lowest BCUT2D eigenvalue weighted by atomic mass is 9.95. The number of piperidine rings is 1. The van der Waals surface area contributed by atoms with Crippen LogP contribution in [0.5, 0.6) is 0 Å². The molecule has 2 aliphatic heterocycles. The molecule has 0 aliphatic carbocycles. The summed E-state index contributed by atoms with van der Waals surface area (Å²) in [7, 11) is 0. The van der Waals surface area contributed by atoms with E-state index in [2.05, 4.69) is 23.6 Å². The fraction of sp³-hybridized carbons (Fsp3) is 1.00. The lowest BCUT2D eigenvalue weighted by molar-refractivity contribution is -0.00671. The zero-order valence-electron chi connectivity index (χ0n) is 10.9. The molecule has 0 spiro atoms. The molecule has 2 rings (SSSR count). The molecule has 0 radical (unpaired) electrons. The maximum atomic E-state index is 5.89. The Labute approximate surface area is 100.0 Å². The molecule has 3 unspecified atom stereocenters. The molecule has 2 fully saturated rings. The maximum absolute atomic E-state index is 5.89. The van der Waals surface area contributed by atoms with Gasteiger partial charge in [-0.3, -0.25) is 9.80 Å². The average Bonchev–Trinajstić information content (AvgIpc) is 2.31. The highest BCUT2D eigenvalue weighted by Crippen LogP contribution is 2.25. The Balaban J connectivity index is 1.99. The summed E-state index contributed by atoms with van der Waals surface area (Å²) < 4.78 is 0. The molecule has 3 atom stereocenters. The fourth-order valence-corrected chi connectivity index (χ4v) is 3.42. The third kappa shape index (κ3) is 2.41. The topological polar surface area (TPSA) is 32.5 Å². The SMILES string of the molecule is CCC(CN)N1CC2CCCCN2CC1C. The molecule has 2 aliphatic rings. The second-order valence-electron chi connectivity index (χ2n) is 5.49. The fourth-order valence-electron chi connectivity index (χ4n) is 3.42. The Morgan fingerprint density at radius 3 is 2.81 bits per heavy atom. The van der Waals surface area contributed by atoms with Crippen LogP contribution in [0.4, 0.5) is 0 Å². The Morgan fingerprint density at radius 2 is 2.12 bits per heavy atom. The highest BCUT2D eigenvalue weighted by atomic mass is 15.3. The normalized spacial score (nSPS) is 34.7. The van der Waals surface area contributed by atoms with E-state index in [1.807, 2.05) is 0 Å². The first-order valence-electron chi connectivity index (χ1n) is 6.96. The van der Waals surface area contributed by atoms with Crippen LogP contribution in [-0.2, 0) is 0 Å². The summed E-state index contributed by atoms with van der Waals surface area (Å²) in [5, 5.41) is 0. The molecular weight excluding hydrogens is 198 g/mol. The largest absolute Gasteiger partial charge is 0.329 e. The van der Waals surface area contributed by atoms with Crippen LogP contribution in [0.25, 0.3) is 0 Å². The van der Waals surface area contributed by atoms with Crippen LogP contribution in [-0.4, -0.2) is 54.1 Å². The lowest BCUT2D eigenvalue weighted by Gasteiger charge is -2.49. The van der Waals surface area contributed by atoms with Crippen LogP contribution in [0.3, 0.4) is 0 Å². The standard InChI is InChI=1S/C13H27N3/c1-3-12(8-14)16-10-13-6-4-5-7-15(13)9-11(16)2/h11-13H,3-10,14H2,1-2H3. The minimum atomic E-state index is 0.596. The number of rotatable bonds is 3. The molecule has 3 nitrogen and oxygen atoms in total. The van der Waals surface area contributed by atoms with Gasteiger partial charge in [0.25, 0.3) is 0 Å². The number of nitrogens with two attached hydrogens (primary N) is 1. The van der Waals surface area contributed by atoms with Crippen molar-refractivity contribution in [3.8, 4) is 0 Å². The van der Waals surface area contributed by atoms with Gasteiger partial charge in [0.1, 0.15) is 0 Å². The molecule has 2 N–H and O–H groups in total. The van der Waals surface area contributed by atoms with Crippen molar-refractivity contribution in [3.63, 3.8) is 0 Å². The van der Waals surface area contributed by atoms with E-state index >= 15 is 0 Å². The average molecular weight is 225 g/mol. The van der Waals surface area contributed by atoms with Crippen LogP contribution < -0.4 is 5.73 Å². The summed E-state index contributed by atoms with van der Waals surface area (Å²) >= 11 is 0. The molecular formula is C13H27N3. The summed E-state index contributed by atoms with van der Waals surface area (Å²) in [5.74, 6) is 0. The van der Waals surface area contributed by atoms with Gasteiger partial charge in [-0.15, -0.1) is 0 Å². The van der Waals surface area contributed by atoms with Crippen molar-refractivity contribution in [1.29, 1.82) is 0 Å². The maximum Gasteiger partial charge on any atom is 0.0224 e. The van der Waals surface area contributed by atoms with Crippen LogP contribution in [0.15, 0.2) is 0 Å². The molecule has 0 saturated carbocycles. The van der Waals surface area contributed by atoms with E-state index in [1.165, 1.54) is 45.3 Å². The van der Waals surface area contributed by atoms with E-state index < -0.39 is 0 Å². The quantitative estimate of drug-likeness (QED) is 0.785. The van der Waals surface area contributed by atoms with Crippen molar-refractivity contribution in [3.05, 3.63) is 0 Å². The number of fused-ring (bicyclic) bond motifs is 1. The Kier molecular flexibility index (Phi) is 4.22. The Morgan fingerprint density at radius 1 is 1.31 bits per heavy atom. The molecule has 2 saturated heterocycles. The van der Waals surface area contributed by atoms with Crippen LogP contribution >= 0.6 is 0 Å². The lowest BCUT2D eigenvalue weighted by Crippen LogP contribution is -2.62. The van der Waals surface area contributed by atoms with E-state index in [0.29, 0.717) is 12.1 Å². The molecule has 16 heavy (non-hydrogen) atoms. The van der Waals surface area contributed by atoms with Crippen molar-refractivity contribution in [2.75, 3.05) is 26.2 Å². The summed E-state index contributed by atoms with van der Waals surface area (Å²) in [6, 6.07) is 2.09. The van der Waals surface area contributed by atoms with Gasteiger partial charge in [0.2, 0.25) is 0 Å². The highest BCUT2D eigenvalue weighted by molar-refractivity contribution is 4.91. The summed E-state index contributed by atoms with van der Waals surface area (Å²) in [6.07, 6.45) is 5.40. The second-order valence-corrected chi connectivity index (χ2v) is 5.49. The molecule has 0 bridgehead atoms. The van der Waals surface area contributed by atoms with E-state index in [1.54, 1.807) is 0 Å². The van der Waals surface area contributed by atoms with Crippen molar-refractivity contribution < 1.29 is 0 Å². The summed E-state index contributed by atoms with van der Waals surface area (Å²) in [6.45, 7) is 9.26. The number of hydrogen-bond acceptors (Lipinski definition) is 3. The summed E-state index contributed by atoms with van der Waals surface area (Å²) in [5.41, 5.74) is 5.89. The van der Waals surface area contributed by atoms with Gasteiger partial charge in [-0.05, 0) is 32.7 Å². The van der Waals surface area contributed by atoms with Crippen LogP contribution in [0.1, 0.15) is 39.5 Å². The minimum absolute atomic E-state index is 0.596. The van der Waals surface area contributed by atoms with Gasteiger partial charge < -0.3 is 5.73 Å². The molecule has 2 heterocycles. The molecule has 0 aromatic rings. The van der Waals surface area contributed by atoms with Gasteiger partial charge >= 0.3 is 0 Å². The Bertz CT molecular complexity index is 215. The van der Waals surface area contributed by atoms with Gasteiger partial charge in [-0.2, -0.15) is 0 Å². The third-order valence-corrected chi connectivity index (χ3v) is 4.45. The number of hydrogen-bond donors (Lipinski definition) is 1. The van der Waals surface area contributed by atoms with Crippen molar-refractivity contribution in [2.45, 2.75) is 57.7 Å². The van der Waals surface area contributed by atoms with Crippen molar-refractivity contribution in [2.24, 2.45) is 5.73 Å². The van der Waals surface area contributed by atoms with E-state index in [4.69, 9.17) is 5.73 Å². The molecule has 0 aromatic carbocycles. The van der Waals surface area contributed by atoms with Crippen LogP contribution in [0, 0.1) is 0 Å². The van der Waals surface area contributed by atoms with Gasteiger partial charge in [0.05, 0.1) is 0 Å². The van der Waals surface area contributed by atoms with Gasteiger partial charge in [0.15, 0.2) is 0 Å². The van der Waals surface area contributed by atoms with Crippen molar-refractivity contribution >= 4 is 0 Å². The zero-order valence-corrected chi connectivity index (χ0v) is 10.9. The van der Waals surface area contributed by atoms with Gasteiger partial charge in [-0.25, -0.2) is 0 Å². The monoisotopic (exact) mass is 225 g/mol. The van der Waals surface area contributed by atoms with E-state index in [0.717, 1.165) is 12.6 Å². The van der Waals surface area contributed by atoms with Gasteiger partial charge in [-0.1, -0.05) is 13.3 Å². The predicted molar refractivity (Wildman–Crippen MR) is 68.5 cm³/mol. The minimum Gasteiger partial charge on any atom is -0.329 e. The van der Waals surface area contributed by atoms with E-state index in [-0.39, 0.29) is 0 Å². The molecule has 0 amide bonds. The first kappa shape index (κ1) is 12.3. The zero-order chi connectivity index (χ0) is 11.5. The summed E-state index contributed by atoms with van der Waals surface area (Å²) in [4.78, 5) is 5.36. The smallest absolute Gasteiger partial charge is 0.0224 e. The molecule has 3 heteroatoms. The second kappa shape index (κ2) is 5.48. The van der Waals surface area contributed by atoms with Crippen LogP contribution in [0.2, 0.25) is 0 Å². The van der Waals surface area contributed by atoms with Gasteiger partial charge in [0, 0.05) is 37.8 Å². The molecule has 94 valence electrons. The first-order valence-corrected chi connectivity index (χ1v) is 6.96. The Hall–Kier alpha value is -0.120. The highest BCUT2D eigenvalue weighted by Gasteiger charge is 2.35. The number of piperazine rings is 1. The van der Waals surface area contributed by atoms with Crippen molar-refractivity contribution in [1.82, 2.24) is 9.80 Å². The molecule has 0 aromatic heterocycles. The number of nitrogens with zero attached hydrogens (tertiary/aromatic N) is 2.